The molecule has 0 unspecified atom stereocenters. The van der Waals surface area contributed by atoms with Crippen LogP contribution < -0.4 is 10.2 Å². The van der Waals surface area contributed by atoms with Crippen molar-refractivity contribution >= 4 is 23.4 Å². The van der Waals surface area contributed by atoms with Gasteiger partial charge in [-0.2, -0.15) is 0 Å². The van der Waals surface area contributed by atoms with Crippen LogP contribution in [0.25, 0.3) is 0 Å². The van der Waals surface area contributed by atoms with Crippen LogP contribution in [0.4, 0.5) is 14.5 Å². The molecule has 2 saturated heterocycles. The number of rotatable bonds is 2. The summed E-state index contributed by atoms with van der Waals surface area (Å²) < 4.78 is 99.4. The third-order valence-corrected chi connectivity index (χ3v) is 5.14. The number of carbonyl (C=O) groups is 3. The molecule has 0 aliphatic carbocycles. The predicted molar refractivity (Wildman–Crippen MR) is 106 cm³/mol. The van der Waals surface area contributed by atoms with E-state index < -0.39 is 90.3 Å². The molecule has 3 aliphatic heterocycles. The maximum absolute atomic E-state index is 16.0. The van der Waals surface area contributed by atoms with Crippen LogP contribution in [0.3, 0.4) is 0 Å². The normalized spacial score (nSPS) is 33.8. The molecule has 7 nitrogen and oxygen atoms in total. The van der Waals surface area contributed by atoms with Gasteiger partial charge in [0.15, 0.2) is 5.82 Å². The number of piperazine rings is 1. The van der Waals surface area contributed by atoms with Gasteiger partial charge in [-0.3, -0.25) is 24.6 Å². The molecular weight excluding hydrogens is 394 g/mol. The smallest absolute Gasteiger partial charge is 0.258 e. The van der Waals surface area contributed by atoms with Crippen LogP contribution in [0.1, 0.15) is 60.5 Å². The number of imide groups is 1. The molecule has 9 heteroatoms. The zero-order valence-electron chi connectivity index (χ0n) is 24.6. The average Bonchev–Trinajstić information content (AvgIpc) is 3.06. The topological polar surface area (TPSA) is 73.0 Å². The van der Waals surface area contributed by atoms with Gasteiger partial charge in [-0.25, -0.2) is 8.78 Å². The largest absolute Gasteiger partial charge is 0.367 e. The number of fused-ring (bicyclic) bond motifs is 1. The molecule has 0 saturated carbocycles. The molecule has 1 N–H and O–H groups in total. The Hall–Kier alpha value is -2.55. The van der Waals surface area contributed by atoms with E-state index in [-0.39, 0.29) is 17.7 Å². The fourth-order valence-corrected chi connectivity index (χ4v) is 3.54. The number of hydrogen-bond donors (Lipinski definition) is 1. The first-order valence-electron chi connectivity index (χ1n) is 13.4. The first-order valence-corrected chi connectivity index (χ1v) is 9.36. The predicted octanol–water partition coefficient (Wildman–Crippen LogP) is 1.65. The van der Waals surface area contributed by atoms with Crippen molar-refractivity contribution in [1.82, 2.24) is 15.1 Å². The number of carbonyl (C=O) groups excluding carboxylic acids is 3. The monoisotopic (exact) mass is 428 g/mol. The van der Waals surface area contributed by atoms with Gasteiger partial charge >= 0.3 is 0 Å². The second-order valence-electron chi connectivity index (χ2n) is 8.23. The fourth-order valence-electron chi connectivity index (χ4n) is 3.54. The van der Waals surface area contributed by atoms with Crippen molar-refractivity contribution in [1.29, 1.82) is 0 Å². The van der Waals surface area contributed by atoms with E-state index in [0.717, 1.165) is 4.90 Å². The number of hydrogen-bond acceptors (Lipinski definition) is 5. The van der Waals surface area contributed by atoms with Crippen LogP contribution in [0, 0.1) is 11.6 Å². The van der Waals surface area contributed by atoms with E-state index in [4.69, 9.17) is 11.0 Å². The van der Waals surface area contributed by atoms with Gasteiger partial charge < -0.3 is 9.80 Å². The standard InChI is InChI=1S/C21H26F2N4O3/c1-21(2,3)26-8-6-25(7-9-26)15-10-13(22)17-12(18(15)23)11-27(20(17)30)14-4-5-16(28)24-19(14)29/h10,14H,4-9,11H2,1-3H3,(H,24,28,29)/t14-/m1/s1/i6D2,7D2,8D2,9D2. The van der Waals surface area contributed by atoms with Crippen molar-refractivity contribution in [3.8, 4) is 0 Å². The molecule has 0 aromatic heterocycles. The number of piperidine rings is 1. The number of anilines is 1. The van der Waals surface area contributed by atoms with Crippen molar-refractivity contribution in [3.63, 3.8) is 0 Å². The first kappa shape index (κ1) is 13.0. The molecule has 2 fully saturated rings. The summed E-state index contributed by atoms with van der Waals surface area (Å²) >= 11 is 0. The maximum atomic E-state index is 16.0. The first-order chi connectivity index (χ1) is 17.1. The Morgan fingerprint density at radius 3 is 2.40 bits per heavy atom. The van der Waals surface area contributed by atoms with E-state index in [1.165, 1.54) is 20.8 Å². The summed E-state index contributed by atoms with van der Waals surface area (Å²) in [7, 11) is 0. The molecule has 1 atom stereocenters. The Morgan fingerprint density at radius 2 is 1.80 bits per heavy atom. The van der Waals surface area contributed by atoms with Crippen molar-refractivity contribution in [2.45, 2.75) is 51.7 Å². The highest BCUT2D eigenvalue weighted by Gasteiger charge is 2.42. The van der Waals surface area contributed by atoms with Gasteiger partial charge in [0.25, 0.3) is 5.91 Å². The molecule has 162 valence electrons. The van der Waals surface area contributed by atoms with Gasteiger partial charge in [0, 0.05) is 55.1 Å². The van der Waals surface area contributed by atoms with Crippen LogP contribution >= 0.6 is 0 Å². The minimum atomic E-state index is -3.46. The maximum Gasteiger partial charge on any atom is 0.258 e. The Kier molecular flexibility index (Phi) is 3.16. The highest BCUT2D eigenvalue weighted by Crippen LogP contribution is 2.36. The van der Waals surface area contributed by atoms with E-state index in [2.05, 4.69) is 0 Å². The summed E-state index contributed by atoms with van der Waals surface area (Å²) in [5, 5.41) is 2.05. The van der Waals surface area contributed by atoms with Gasteiger partial charge in [-0.15, -0.1) is 0 Å². The summed E-state index contributed by atoms with van der Waals surface area (Å²) in [5.74, 6) is -5.32. The quantitative estimate of drug-likeness (QED) is 0.726. The third kappa shape index (κ3) is 3.45. The van der Waals surface area contributed by atoms with Crippen molar-refractivity contribution in [2.75, 3.05) is 30.9 Å². The van der Waals surface area contributed by atoms with Crippen LogP contribution in [0.5, 0.6) is 0 Å². The third-order valence-electron chi connectivity index (χ3n) is 5.14. The second-order valence-corrected chi connectivity index (χ2v) is 8.23. The second kappa shape index (κ2) is 7.30. The molecule has 1 aromatic rings. The molecular formula is C21H26F2N4O3. The van der Waals surface area contributed by atoms with Gasteiger partial charge in [-0.1, -0.05) is 0 Å². The fraction of sp³-hybridized carbons (Fsp3) is 0.571. The van der Waals surface area contributed by atoms with Gasteiger partial charge in [-0.05, 0) is 27.2 Å². The lowest BCUT2D eigenvalue weighted by Crippen LogP contribution is -2.53. The van der Waals surface area contributed by atoms with E-state index in [0.29, 0.717) is 11.0 Å². The number of amides is 3. The minimum absolute atomic E-state index is 0.0965. The van der Waals surface area contributed by atoms with Crippen LogP contribution in [0.15, 0.2) is 6.07 Å². The van der Waals surface area contributed by atoms with E-state index in [9.17, 15) is 14.4 Å². The minimum Gasteiger partial charge on any atom is -0.367 e. The Balaban J connectivity index is 1.87. The SMILES string of the molecule is [2H]C1([2H])N(c2cc(F)c3c(c2F)CN([C@@H]2CCC(=O)NC2=O)C3=O)C([2H])([2H])C([2H])([2H])N(C(C)(C)C)C1([2H])[2H]. The van der Waals surface area contributed by atoms with E-state index in [1.54, 1.807) is 0 Å². The highest BCUT2D eigenvalue weighted by atomic mass is 19.1. The molecule has 3 aliphatic rings. The number of benzene rings is 1. The van der Waals surface area contributed by atoms with E-state index >= 15 is 8.78 Å². The highest BCUT2D eigenvalue weighted by molar-refractivity contribution is 6.05. The Labute approximate surface area is 185 Å². The summed E-state index contributed by atoms with van der Waals surface area (Å²) in [4.78, 5) is 37.9. The van der Waals surface area contributed by atoms with Gasteiger partial charge in [0.05, 0.1) is 23.3 Å². The molecule has 0 bridgehead atoms. The Morgan fingerprint density at radius 1 is 1.13 bits per heavy atom. The van der Waals surface area contributed by atoms with Gasteiger partial charge in [0.1, 0.15) is 11.9 Å². The molecule has 3 amide bonds. The summed E-state index contributed by atoms with van der Waals surface area (Å²) in [5.41, 5.74) is -3.97. The number of nitrogens with zero attached hydrogens (tertiary/aromatic N) is 3. The molecule has 3 heterocycles. The van der Waals surface area contributed by atoms with Crippen molar-refractivity contribution in [3.05, 3.63) is 28.8 Å². The number of halogens is 2. The van der Waals surface area contributed by atoms with E-state index in [1.807, 2.05) is 5.32 Å². The Bertz CT molecular complexity index is 1230. The van der Waals surface area contributed by atoms with Crippen molar-refractivity contribution < 1.29 is 34.1 Å². The molecule has 4 rings (SSSR count). The zero-order chi connectivity index (χ0) is 29.0. The molecule has 1 aromatic carbocycles. The molecule has 30 heavy (non-hydrogen) atoms. The van der Waals surface area contributed by atoms with Crippen molar-refractivity contribution in [2.24, 2.45) is 0 Å². The van der Waals surface area contributed by atoms with Crippen LogP contribution in [-0.4, -0.2) is 65.1 Å². The zero-order valence-corrected chi connectivity index (χ0v) is 16.6. The summed E-state index contributed by atoms with van der Waals surface area (Å²) in [6.07, 6.45) is -0.212. The average molecular weight is 429 g/mol. The van der Waals surface area contributed by atoms with Gasteiger partial charge in [0.2, 0.25) is 11.8 Å². The lowest BCUT2D eigenvalue weighted by Gasteiger charge is -2.43. The lowest BCUT2D eigenvalue weighted by molar-refractivity contribution is -0.136. The van der Waals surface area contributed by atoms with Crippen LogP contribution in [0.2, 0.25) is 0 Å². The summed E-state index contributed by atoms with van der Waals surface area (Å²) in [6, 6.07) is -0.888. The lowest BCUT2D eigenvalue weighted by atomic mass is 10.0. The summed E-state index contributed by atoms with van der Waals surface area (Å²) in [6.45, 7) is -10.0. The molecule has 0 spiro atoms. The molecule has 0 radical (unpaired) electrons. The number of nitrogens with one attached hydrogen (secondary N) is 1. The van der Waals surface area contributed by atoms with Crippen LogP contribution in [-0.2, 0) is 16.1 Å².